The summed E-state index contributed by atoms with van der Waals surface area (Å²) in [6, 6.07) is 3.67. The van der Waals surface area contributed by atoms with Crippen molar-refractivity contribution < 1.29 is 14.3 Å². The van der Waals surface area contributed by atoms with Gasteiger partial charge in [-0.2, -0.15) is 15.2 Å². The summed E-state index contributed by atoms with van der Waals surface area (Å²) in [5, 5.41) is 18.9. The highest BCUT2D eigenvalue weighted by atomic mass is 16.4. The number of hydrogen-bond acceptors (Lipinski definition) is 6. The van der Waals surface area contributed by atoms with Crippen LogP contribution in [0.2, 0.25) is 0 Å². The van der Waals surface area contributed by atoms with Crippen LogP contribution in [0.4, 0.5) is 6.01 Å². The van der Waals surface area contributed by atoms with Gasteiger partial charge in [-0.15, -0.1) is 0 Å². The molecule has 2 aromatic rings. The lowest BCUT2D eigenvalue weighted by Gasteiger charge is -1.98. The topological polar surface area (TPSA) is 101 Å². The SMILES string of the molecule is O=C(O)c1coc(NCc2cccnn2)n1. The van der Waals surface area contributed by atoms with Gasteiger partial charge in [0.15, 0.2) is 5.69 Å². The molecule has 0 amide bonds. The van der Waals surface area contributed by atoms with Gasteiger partial charge in [0.25, 0.3) is 6.01 Å². The van der Waals surface area contributed by atoms with Crippen LogP contribution >= 0.6 is 0 Å². The fraction of sp³-hybridized carbons (Fsp3) is 0.111. The normalized spacial score (nSPS) is 10.0. The molecule has 0 aliphatic rings. The molecule has 7 nitrogen and oxygen atoms in total. The molecule has 0 bridgehead atoms. The molecule has 2 N–H and O–H groups in total. The maximum absolute atomic E-state index is 10.5. The summed E-state index contributed by atoms with van der Waals surface area (Å²) >= 11 is 0. The van der Waals surface area contributed by atoms with Crippen LogP contribution in [0.25, 0.3) is 0 Å². The molecular formula is C9H8N4O3. The molecule has 0 unspecified atom stereocenters. The average Bonchev–Trinajstić information content (AvgIpc) is 2.76. The molecule has 0 aliphatic heterocycles. The van der Waals surface area contributed by atoms with Gasteiger partial charge >= 0.3 is 5.97 Å². The van der Waals surface area contributed by atoms with Crippen molar-refractivity contribution in [2.75, 3.05) is 5.32 Å². The number of carboxylic acid groups (broad SMARTS) is 1. The number of hydrogen-bond donors (Lipinski definition) is 2. The molecule has 0 spiro atoms. The molecule has 2 rings (SSSR count). The van der Waals surface area contributed by atoms with Crippen LogP contribution in [0.1, 0.15) is 16.2 Å². The molecule has 7 heteroatoms. The van der Waals surface area contributed by atoms with E-state index in [0.29, 0.717) is 12.2 Å². The van der Waals surface area contributed by atoms with Crippen LogP contribution in [0.3, 0.4) is 0 Å². The van der Waals surface area contributed by atoms with Crippen LogP contribution < -0.4 is 5.32 Å². The van der Waals surface area contributed by atoms with Crippen LogP contribution in [0.15, 0.2) is 29.0 Å². The van der Waals surface area contributed by atoms with E-state index in [-0.39, 0.29) is 11.7 Å². The van der Waals surface area contributed by atoms with Crippen molar-refractivity contribution in [1.29, 1.82) is 0 Å². The van der Waals surface area contributed by atoms with Crippen molar-refractivity contribution >= 4 is 12.0 Å². The highest BCUT2D eigenvalue weighted by Crippen LogP contribution is 2.08. The number of anilines is 1. The Morgan fingerprint density at radius 1 is 1.56 bits per heavy atom. The number of nitrogens with one attached hydrogen (secondary N) is 1. The first kappa shape index (κ1) is 10.1. The second-order valence-corrected chi connectivity index (χ2v) is 2.91. The minimum atomic E-state index is -1.13. The zero-order chi connectivity index (χ0) is 11.4. The standard InChI is InChI=1S/C9H8N4O3/c14-8(15)7-5-16-9(12-7)10-4-6-2-1-3-11-13-6/h1-3,5H,4H2,(H,10,12)(H,14,15). The molecule has 2 heterocycles. The molecule has 0 saturated heterocycles. The minimum absolute atomic E-state index is 0.137. The summed E-state index contributed by atoms with van der Waals surface area (Å²) in [5.74, 6) is -1.13. The largest absolute Gasteiger partial charge is 0.476 e. The highest BCUT2D eigenvalue weighted by molar-refractivity contribution is 5.85. The molecule has 82 valence electrons. The zero-order valence-electron chi connectivity index (χ0n) is 8.12. The first-order valence-electron chi connectivity index (χ1n) is 4.45. The Morgan fingerprint density at radius 3 is 3.06 bits per heavy atom. The van der Waals surface area contributed by atoms with E-state index in [1.807, 2.05) is 0 Å². The summed E-state index contributed by atoms with van der Waals surface area (Å²) < 4.78 is 4.90. The van der Waals surface area contributed by atoms with Gasteiger partial charge < -0.3 is 14.8 Å². The molecule has 2 aromatic heterocycles. The number of carboxylic acids is 1. The monoisotopic (exact) mass is 220 g/mol. The van der Waals surface area contributed by atoms with Crippen molar-refractivity contribution in [3.05, 3.63) is 36.0 Å². The third-order valence-electron chi connectivity index (χ3n) is 1.77. The molecule has 16 heavy (non-hydrogen) atoms. The quantitative estimate of drug-likeness (QED) is 0.784. The molecular weight excluding hydrogens is 212 g/mol. The van der Waals surface area contributed by atoms with Crippen molar-refractivity contribution in [2.45, 2.75) is 6.54 Å². The van der Waals surface area contributed by atoms with Crippen molar-refractivity contribution in [1.82, 2.24) is 15.2 Å². The van der Waals surface area contributed by atoms with E-state index < -0.39 is 5.97 Å². The van der Waals surface area contributed by atoms with Gasteiger partial charge in [0.05, 0.1) is 12.2 Å². The number of aromatic carboxylic acids is 1. The lowest BCUT2D eigenvalue weighted by atomic mass is 10.4. The van der Waals surface area contributed by atoms with E-state index in [1.165, 1.54) is 0 Å². The second kappa shape index (κ2) is 4.39. The summed E-state index contributed by atoms with van der Waals surface area (Å²) in [5.41, 5.74) is 0.569. The van der Waals surface area contributed by atoms with Gasteiger partial charge in [-0.1, -0.05) is 0 Å². The van der Waals surface area contributed by atoms with Gasteiger partial charge in [-0.05, 0) is 12.1 Å². The predicted octanol–water partition coefficient (Wildman–Crippen LogP) is 0.775. The lowest BCUT2D eigenvalue weighted by Crippen LogP contribution is -2.03. The van der Waals surface area contributed by atoms with Gasteiger partial charge in [-0.25, -0.2) is 4.79 Å². The van der Waals surface area contributed by atoms with Crippen molar-refractivity contribution in [3.8, 4) is 0 Å². The summed E-state index contributed by atoms with van der Waals surface area (Å²) in [7, 11) is 0. The first-order valence-corrected chi connectivity index (χ1v) is 4.45. The van der Waals surface area contributed by atoms with E-state index in [9.17, 15) is 4.79 Å². The Bertz CT molecular complexity index is 483. The Morgan fingerprint density at radius 2 is 2.44 bits per heavy atom. The van der Waals surface area contributed by atoms with E-state index in [1.54, 1.807) is 18.3 Å². The molecule has 0 aliphatic carbocycles. The number of aromatic nitrogens is 3. The zero-order valence-corrected chi connectivity index (χ0v) is 8.12. The second-order valence-electron chi connectivity index (χ2n) is 2.91. The number of nitrogens with zero attached hydrogens (tertiary/aromatic N) is 3. The van der Waals surface area contributed by atoms with Gasteiger partial charge in [0.1, 0.15) is 6.26 Å². The van der Waals surface area contributed by atoms with Gasteiger partial charge in [0, 0.05) is 6.20 Å². The van der Waals surface area contributed by atoms with Gasteiger partial charge in [0.2, 0.25) is 0 Å². The Hall–Kier alpha value is -2.44. The van der Waals surface area contributed by atoms with E-state index in [4.69, 9.17) is 9.52 Å². The van der Waals surface area contributed by atoms with Crippen LogP contribution in [-0.2, 0) is 6.54 Å². The fourth-order valence-corrected chi connectivity index (χ4v) is 1.05. The number of carbonyl (C=O) groups is 1. The van der Waals surface area contributed by atoms with Gasteiger partial charge in [-0.3, -0.25) is 0 Å². The predicted molar refractivity (Wildman–Crippen MR) is 52.8 cm³/mol. The smallest absolute Gasteiger partial charge is 0.357 e. The maximum Gasteiger partial charge on any atom is 0.357 e. The first-order chi connectivity index (χ1) is 7.75. The van der Waals surface area contributed by atoms with Crippen molar-refractivity contribution in [3.63, 3.8) is 0 Å². The average molecular weight is 220 g/mol. The Kier molecular flexibility index (Phi) is 2.77. The Labute approximate surface area is 90.1 Å². The number of rotatable bonds is 4. The fourth-order valence-electron chi connectivity index (χ4n) is 1.05. The third kappa shape index (κ3) is 2.32. The van der Waals surface area contributed by atoms with E-state index in [0.717, 1.165) is 6.26 Å². The molecule has 0 radical (unpaired) electrons. The van der Waals surface area contributed by atoms with Crippen molar-refractivity contribution in [2.24, 2.45) is 0 Å². The maximum atomic E-state index is 10.5. The molecule has 0 aromatic carbocycles. The van der Waals surface area contributed by atoms with E-state index in [2.05, 4.69) is 20.5 Å². The summed E-state index contributed by atoms with van der Waals surface area (Å²) in [6.07, 6.45) is 2.64. The van der Waals surface area contributed by atoms with Crippen LogP contribution in [0, 0.1) is 0 Å². The minimum Gasteiger partial charge on any atom is -0.476 e. The lowest BCUT2D eigenvalue weighted by molar-refractivity contribution is 0.0690. The van der Waals surface area contributed by atoms with E-state index >= 15 is 0 Å². The third-order valence-corrected chi connectivity index (χ3v) is 1.77. The molecule has 0 saturated carbocycles. The van der Waals surface area contributed by atoms with Crippen LogP contribution in [0.5, 0.6) is 0 Å². The number of oxazole rings is 1. The highest BCUT2D eigenvalue weighted by Gasteiger charge is 2.09. The van der Waals surface area contributed by atoms with Crippen LogP contribution in [-0.4, -0.2) is 26.3 Å². The molecule has 0 atom stereocenters. The summed E-state index contributed by atoms with van der Waals surface area (Å²) in [4.78, 5) is 14.2. The summed E-state index contributed by atoms with van der Waals surface area (Å²) in [6.45, 7) is 0.368. The Balaban J connectivity index is 1.97. The molecule has 0 fully saturated rings.